The van der Waals surface area contributed by atoms with Crippen LogP contribution in [0, 0.1) is 11.8 Å². The summed E-state index contributed by atoms with van der Waals surface area (Å²) in [6.07, 6.45) is 0.618. The second-order valence-corrected chi connectivity index (χ2v) is 6.23. The van der Waals surface area contributed by atoms with Gasteiger partial charge in [0.2, 0.25) is 11.8 Å². The summed E-state index contributed by atoms with van der Waals surface area (Å²) in [5, 5.41) is 2.87. The molecule has 0 spiro atoms. The van der Waals surface area contributed by atoms with E-state index >= 15 is 0 Å². The maximum absolute atomic E-state index is 12.4. The molecule has 2 heterocycles. The van der Waals surface area contributed by atoms with Crippen molar-refractivity contribution in [2.24, 2.45) is 11.8 Å². The molecule has 1 saturated heterocycles. The van der Waals surface area contributed by atoms with Gasteiger partial charge in [-0.25, -0.2) is 0 Å². The summed E-state index contributed by atoms with van der Waals surface area (Å²) in [4.78, 5) is 26.5. The van der Waals surface area contributed by atoms with E-state index in [0.717, 1.165) is 0 Å². The van der Waals surface area contributed by atoms with Gasteiger partial charge >= 0.3 is 0 Å². The molecule has 24 heavy (non-hydrogen) atoms. The van der Waals surface area contributed by atoms with Crippen LogP contribution in [0.3, 0.4) is 0 Å². The molecule has 2 amide bonds. The zero-order chi connectivity index (χ0) is 16.5. The summed E-state index contributed by atoms with van der Waals surface area (Å²) in [5.41, 5.74) is 0.661. The van der Waals surface area contributed by atoms with E-state index in [4.69, 9.17) is 14.2 Å². The molecule has 2 fully saturated rings. The molecule has 7 nitrogen and oxygen atoms in total. The first-order valence-corrected chi connectivity index (χ1v) is 8.29. The molecular formula is C17H20N2O5. The van der Waals surface area contributed by atoms with Gasteiger partial charge in [-0.15, -0.1) is 0 Å². The van der Waals surface area contributed by atoms with Crippen LogP contribution in [0.5, 0.6) is 11.5 Å². The number of morpholine rings is 1. The highest BCUT2D eigenvalue weighted by atomic mass is 16.6. The largest absolute Gasteiger partial charge is 0.486 e. The Morgan fingerprint density at radius 1 is 1.00 bits per heavy atom. The Morgan fingerprint density at radius 3 is 2.54 bits per heavy atom. The van der Waals surface area contributed by atoms with Crippen LogP contribution in [0.4, 0.5) is 5.69 Å². The number of hydrogen-bond acceptors (Lipinski definition) is 5. The van der Waals surface area contributed by atoms with E-state index in [1.807, 2.05) is 0 Å². The minimum absolute atomic E-state index is 0.0700. The van der Waals surface area contributed by atoms with Crippen LogP contribution in [0.2, 0.25) is 0 Å². The van der Waals surface area contributed by atoms with E-state index in [-0.39, 0.29) is 23.7 Å². The van der Waals surface area contributed by atoms with Crippen LogP contribution < -0.4 is 14.8 Å². The number of fused-ring (bicyclic) bond motifs is 1. The third kappa shape index (κ3) is 3.03. The van der Waals surface area contributed by atoms with Crippen molar-refractivity contribution < 1.29 is 23.8 Å². The highest BCUT2D eigenvalue weighted by Gasteiger charge is 2.49. The number of carbonyl (C=O) groups excluding carboxylic acids is 2. The first-order chi connectivity index (χ1) is 11.7. The van der Waals surface area contributed by atoms with Gasteiger partial charge in [0.1, 0.15) is 13.2 Å². The van der Waals surface area contributed by atoms with Gasteiger partial charge in [0.25, 0.3) is 0 Å². The molecule has 0 radical (unpaired) electrons. The number of amides is 2. The molecular weight excluding hydrogens is 312 g/mol. The number of nitrogens with zero attached hydrogens (tertiary/aromatic N) is 1. The van der Waals surface area contributed by atoms with E-state index in [9.17, 15) is 9.59 Å². The normalized spacial score (nSPS) is 25.1. The molecule has 1 N–H and O–H groups in total. The Balaban J connectivity index is 1.35. The minimum Gasteiger partial charge on any atom is -0.486 e. The first kappa shape index (κ1) is 15.3. The van der Waals surface area contributed by atoms with Crippen molar-refractivity contribution >= 4 is 17.5 Å². The van der Waals surface area contributed by atoms with Crippen LogP contribution in [0.15, 0.2) is 18.2 Å². The van der Waals surface area contributed by atoms with E-state index in [1.165, 1.54) is 0 Å². The van der Waals surface area contributed by atoms with Crippen molar-refractivity contribution in [2.75, 3.05) is 44.8 Å². The summed E-state index contributed by atoms with van der Waals surface area (Å²) < 4.78 is 16.2. The summed E-state index contributed by atoms with van der Waals surface area (Å²) in [5.74, 6) is 0.842. The standard InChI is InChI=1S/C17H20N2O5/c20-16(12-10-13(12)17(21)19-3-5-22-6-4-19)18-11-1-2-14-15(9-11)24-8-7-23-14/h1-2,9,12-13H,3-8,10H2,(H,18,20). The topological polar surface area (TPSA) is 77.1 Å². The van der Waals surface area contributed by atoms with Gasteiger partial charge in [-0.2, -0.15) is 0 Å². The molecule has 128 valence electrons. The number of benzene rings is 1. The fraction of sp³-hybridized carbons (Fsp3) is 0.529. The molecule has 2 aliphatic heterocycles. The molecule has 4 rings (SSSR count). The lowest BCUT2D eigenvalue weighted by Gasteiger charge is -2.27. The number of hydrogen-bond donors (Lipinski definition) is 1. The SMILES string of the molecule is O=C(Nc1ccc2c(c1)OCCO2)C1CC1C(=O)N1CCOCC1. The predicted molar refractivity (Wildman–Crippen MR) is 85.1 cm³/mol. The van der Waals surface area contributed by atoms with Crippen molar-refractivity contribution in [3.8, 4) is 11.5 Å². The van der Waals surface area contributed by atoms with E-state index in [0.29, 0.717) is 63.1 Å². The lowest BCUT2D eigenvalue weighted by atomic mass is 10.2. The highest BCUT2D eigenvalue weighted by molar-refractivity contribution is 5.99. The maximum Gasteiger partial charge on any atom is 0.228 e. The van der Waals surface area contributed by atoms with Gasteiger partial charge in [-0.3, -0.25) is 9.59 Å². The van der Waals surface area contributed by atoms with Crippen molar-refractivity contribution in [3.05, 3.63) is 18.2 Å². The van der Waals surface area contributed by atoms with Crippen molar-refractivity contribution in [3.63, 3.8) is 0 Å². The fourth-order valence-corrected chi connectivity index (χ4v) is 3.13. The molecule has 1 aromatic rings. The van der Waals surface area contributed by atoms with Crippen molar-refractivity contribution in [1.82, 2.24) is 4.90 Å². The number of nitrogens with one attached hydrogen (secondary N) is 1. The van der Waals surface area contributed by atoms with Gasteiger partial charge < -0.3 is 24.4 Å². The van der Waals surface area contributed by atoms with Crippen LogP contribution >= 0.6 is 0 Å². The van der Waals surface area contributed by atoms with E-state index in [1.54, 1.807) is 23.1 Å². The smallest absolute Gasteiger partial charge is 0.228 e. The van der Waals surface area contributed by atoms with E-state index < -0.39 is 0 Å². The number of ether oxygens (including phenoxy) is 3. The number of anilines is 1. The predicted octanol–water partition coefficient (Wildman–Crippen LogP) is 0.891. The molecule has 1 aromatic carbocycles. The Kier molecular flexibility index (Phi) is 4.02. The molecule has 0 aromatic heterocycles. The fourth-order valence-electron chi connectivity index (χ4n) is 3.13. The quantitative estimate of drug-likeness (QED) is 0.890. The molecule has 1 aliphatic carbocycles. The molecule has 2 unspecified atom stereocenters. The van der Waals surface area contributed by atoms with Crippen molar-refractivity contribution in [2.45, 2.75) is 6.42 Å². The van der Waals surface area contributed by atoms with E-state index in [2.05, 4.69) is 5.32 Å². The van der Waals surface area contributed by atoms with Crippen LogP contribution in [-0.2, 0) is 14.3 Å². The third-order valence-corrected chi connectivity index (χ3v) is 4.58. The Bertz CT molecular complexity index is 656. The molecule has 0 bridgehead atoms. The van der Waals surface area contributed by atoms with Gasteiger partial charge in [0, 0.05) is 24.8 Å². The van der Waals surface area contributed by atoms with Gasteiger partial charge in [0.05, 0.1) is 25.0 Å². The maximum atomic E-state index is 12.4. The average Bonchev–Trinajstić information content (AvgIpc) is 3.42. The Hall–Kier alpha value is -2.28. The number of carbonyl (C=O) groups is 2. The van der Waals surface area contributed by atoms with Gasteiger partial charge in [0.15, 0.2) is 11.5 Å². The summed E-state index contributed by atoms with van der Waals surface area (Å²) in [6, 6.07) is 5.33. The van der Waals surface area contributed by atoms with Crippen LogP contribution in [0.25, 0.3) is 0 Å². The number of rotatable bonds is 3. The van der Waals surface area contributed by atoms with Crippen molar-refractivity contribution in [1.29, 1.82) is 0 Å². The van der Waals surface area contributed by atoms with Gasteiger partial charge in [-0.05, 0) is 18.6 Å². The molecule has 3 aliphatic rings. The monoisotopic (exact) mass is 332 g/mol. The summed E-state index contributed by atoms with van der Waals surface area (Å²) in [7, 11) is 0. The van der Waals surface area contributed by atoms with Gasteiger partial charge in [-0.1, -0.05) is 0 Å². The lowest BCUT2D eigenvalue weighted by molar-refractivity contribution is -0.137. The summed E-state index contributed by atoms with van der Waals surface area (Å²) in [6.45, 7) is 3.42. The second-order valence-electron chi connectivity index (χ2n) is 6.23. The Labute approximate surface area is 139 Å². The second kappa shape index (κ2) is 6.32. The molecule has 7 heteroatoms. The first-order valence-electron chi connectivity index (χ1n) is 8.29. The zero-order valence-corrected chi connectivity index (χ0v) is 13.3. The average molecular weight is 332 g/mol. The lowest BCUT2D eigenvalue weighted by Crippen LogP contribution is -2.42. The minimum atomic E-state index is -0.242. The molecule has 1 saturated carbocycles. The Morgan fingerprint density at radius 2 is 1.75 bits per heavy atom. The van der Waals surface area contributed by atoms with Crippen LogP contribution in [0.1, 0.15) is 6.42 Å². The third-order valence-electron chi connectivity index (χ3n) is 4.58. The van der Waals surface area contributed by atoms with Crippen LogP contribution in [-0.4, -0.2) is 56.2 Å². The highest BCUT2D eigenvalue weighted by Crippen LogP contribution is 2.41. The molecule has 2 atom stereocenters. The zero-order valence-electron chi connectivity index (χ0n) is 13.3. The summed E-state index contributed by atoms with van der Waals surface area (Å²) >= 11 is 0.